The largest absolute Gasteiger partial charge is 0.490 e. The molecule has 134 valence electrons. The van der Waals surface area contributed by atoms with E-state index in [-0.39, 0.29) is 36.6 Å². The van der Waals surface area contributed by atoms with E-state index >= 15 is 0 Å². The molecule has 0 saturated heterocycles. The average Bonchev–Trinajstić information content (AvgIpc) is 2.52. The molecule has 0 aliphatic heterocycles. The Labute approximate surface area is 151 Å². The molecule has 0 fully saturated rings. The fraction of sp³-hybridized carbons (Fsp3) is 0.562. The van der Waals surface area contributed by atoms with Crippen LogP contribution in [0.2, 0.25) is 0 Å². The van der Waals surface area contributed by atoms with Crippen molar-refractivity contribution in [2.75, 3.05) is 38.1 Å². The molecule has 0 saturated carbocycles. The van der Waals surface area contributed by atoms with Gasteiger partial charge in [-0.3, -0.25) is 4.79 Å². The molecule has 1 aromatic carbocycles. The number of ether oxygens (including phenoxy) is 1. The number of hydrogen-bond acceptors (Lipinski definition) is 4. The van der Waals surface area contributed by atoms with Crippen molar-refractivity contribution in [1.82, 2.24) is 4.90 Å². The summed E-state index contributed by atoms with van der Waals surface area (Å²) < 4.78 is 5.80. The van der Waals surface area contributed by atoms with Gasteiger partial charge < -0.3 is 20.7 Å². The molecule has 0 bridgehead atoms. The Morgan fingerprint density at radius 1 is 1.26 bits per heavy atom. The van der Waals surface area contributed by atoms with Crippen molar-refractivity contribution < 1.29 is 9.53 Å². The molecule has 7 heteroatoms. The number of carbonyl (C=O) groups excluding carboxylic acids is 1. The predicted octanol–water partition coefficient (Wildman–Crippen LogP) is 2.78. The first-order valence-electron chi connectivity index (χ1n) is 7.57. The van der Waals surface area contributed by atoms with E-state index in [2.05, 4.69) is 24.1 Å². The summed E-state index contributed by atoms with van der Waals surface area (Å²) in [5.41, 5.74) is 6.21. The summed E-state index contributed by atoms with van der Waals surface area (Å²) in [6.07, 6.45) is 0. The Morgan fingerprint density at radius 3 is 2.43 bits per heavy atom. The van der Waals surface area contributed by atoms with Crippen LogP contribution in [0, 0.1) is 5.92 Å². The van der Waals surface area contributed by atoms with Crippen molar-refractivity contribution >= 4 is 36.4 Å². The van der Waals surface area contributed by atoms with Gasteiger partial charge in [0.2, 0.25) is 5.91 Å². The summed E-state index contributed by atoms with van der Waals surface area (Å²) in [7, 11) is 0. The van der Waals surface area contributed by atoms with Gasteiger partial charge in [0, 0.05) is 19.0 Å². The number of nitrogens with zero attached hydrogens (tertiary/aromatic N) is 1. The first-order valence-corrected chi connectivity index (χ1v) is 7.57. The summed E-state index contributed by atoms with van der Waals surface area (Å²) in [6, 6.07) is 7.48. The van der Waals surface area contributed by atoms with Gasteiger partial charge in [0.15, 0.2) is 0 Å². The highest BCUT2D eigenvalue weighted by atomic mass is 35.5. The third-order valence-electron chi connectivity index (χ3n) is 3.51. The summed E-state index contributed by atoms with van der Waals surface area (Å²) >= 11 is 0. The van der Waals surface area contributed by atoms with Gasteiger partial charge in [0.25, 0.3) is 0 Å². The van der Waals surface area contributed by atoms with Crippen LogP contribution in [0.4, 0.5) is 5.69 Å². The van der Waals surface area contributed by atoms with Crippen molar-refractivity contribution in [2.24, 2.45) is 11.7 Å². The van der Waals surface area contributed by atoms with Gasteiger partial charge in [-0.05, 0) is 25.2 Å². The number of nitrogens with one attached hydrogen (secondary N) is 1. The molecule has 0 aliphatic rings. The maximum atomic E-state index is 11.9. The monoisotopic (exact) mass is 365 g/mol. The number of carbonyl (C=O) groups is 1. The quantitative estimate of drug-likeness (QED) is 0.705. The number of hydrogen-bond donors (Lipinski definition) is 2. The molecule has 1 unspecified atom stereocenters. The second kappa shape index (κ2) is 13.4. The van der Waals surface area contributed by atoms with Crippen LogP contribution in [0.25, 0.3) is 0 Å². The summed E-state index contributed by atoms with van der Waals surface area (Å²) in [6.45, 7) is 9.88. The maximum absolute atomic E-state index is 11.9. The molecule has 1 atom stereocenters. The van der Waals surface area contributed by atoms with E-state index in [4.69, 9.17) is 10.5 Å². The molecule has 5 nitrogen and oxygen atoms in total. The smallest absolute Gasteiger partial charge is 0.228 e. The number of halogens is 2. The fourth-order valence-electron chi connectivity index (χ4n) is 1.88. The minimum absolute atomic E-state index is 0. The molecular weight excluding hydrogens is 337 g/mol. The molecule has 23 heavy (non-hydrogen) atoms. The number of amides is 1. The van der Waals surface area contributed by atoms with E-state index in [1.165, 1.54) is 0 Å². The van der Waals surface area contributed by atoms with Gasteiger partial charge in [0.05, 0.1) is 5.69 Å². The van der Waals surface area contributed by atoms with Gasteiger partial charge in [-0.1, -0.05) is 32.9 Å². The van der Waals surface area contributed by atoms with E-state index in [1.54, 1.807) is 6.92 Å². The van der Waals surface area contributed by atoms with Crippen molar-refractivity contribution in [3.8, 4) is 5.75 Å². The Hall–Kier alpha value is -1.01. The molecule has 0 radical (unpaired) electrons. The Kier molecular flexibility index (Phi) is 14.2. The van der Waals surface area contributed by atoms with Crippen LogP contribution >= 0.6 is 24.8 Å². The minimum Gasteiger partial charge on any atom is -0.490 e. The molecule has 0 heterocycles. The normalized spacial score (nSPS) is 11.2. The number of nitrogens with two attached hydrogens (primary N) is 1. The van der Waals surface area contributed by atoms with Crippen LogP contribution < -0.4 is 15.8 Å². The van der Waals surface area contributed by atoms with E-state index in [9.17, 15) is 4.79 Å². The summed E-state index contributed by atoms with van der Waals surface area (Å²) in [5.74, 6) is 0.397. The van der Waals surface area contributed by atoms with Gasteiger partial charge in [-0.15, -0.1) is 24.8 Å². The van der Waals surface area contributed by atoms with Crippen LogP contribution in [-0.4, -0.2) is 43.6 Å². The van der Waals surface area contributed by atoms with E-state index in [0.717, 1.165) is 19.6 Å². The molecule has 0 aromatic heterocycles. The zero-order valence-electron chi connectivity index (χ0n) is 14.1. The summed E-state index contributed by atoms with van der Waals surface area (Å²) in [4.78, 5) is 14.2. The highest BCUT2D eigenvalue weighted by Crippen LogP contribution is 2.24. The minimum atomic E-state index is -0.214. The Balaban J connectivity index is 0. The van der Waals surface area contributed by atoms with Crippen molar-refractivity contribution in [3.05, 3.63) is 24.3 Å². The SMILES string of the molecule is CCN(CC)CCOc1ccccc1NC(=O)C(C)CN.Cl.Cl. The zero-order valence-corrected chi connectivity index (χ0v) is 15.7. The van der Waals surface area contributed by atoms with Crippen molar-refractivity contribution in [3.63, 3.8) is 0 Å². The van der Waals surface area contributed by atoms with Crippen LogP contribution in [0.5, 0.6) is 5.75 Å². The number of anilines is 1. The van der Waals surface area contributed by atoms with Crippen molar-refractivity contribution in [2.45, 2.75) is 20.8 Å². The first-order chi connectivity index (χ1) is 10.1. The highest BCUT2D eigenvalue weighted by Gasteiger charge is 2.13. The number of likely N-dealkylation sites (N-methyl/N-ethyl adjacent to an activating group) is 1. The molecule has 1 rings (SSSR count). The lowest BCUT2D eigenvalue weighted by atomic mass is 10.1. The van der Waals surface area contributed by atoms with Crippen LogP contribution in [-0.2, 0) is 4.79 Å². The zero-order chi connectivity index (χ0) is 15.7. The van der Waals surface area contributed by atoms with Gasteiger partial charge in [-0.25, -0.2) is 0 Å². The molecule has 0 aliphatic carbocycles. The average molecular weight is 366 g/mol. The predicted molar refractivity (Wildman–Crippen MR) is 101 cm³/mol. The van der Waals surface area contributed by atoms with E-state index < -0.39 is 0 Å². The third kappa shape index (κ3) is 8.42. The number of para-hydroxylation sites is 2. The van der Waals surface area contributed by atoms with Gasteiger partial charge >= 0.3 is 0 Å². The Bertz CT molecular complexity index is 443. The molecule has 1 amide bonds. The third-order valence-corrected chi connectivity index (χ3v) is 3.51. The van der Waals surface area contributed by atoms with Crippen molar-refractivity contribution in [1.29, 1.82) is 0 Å². The summed E-state index contributed by atoms with van der Waals surface area (Å²) in [5, 5.41) is 2.87. The number of benzene rings is 1. The Morgan fingerprint density at radius 2 is 1.87 bits per heavy atom. The highest BCUT2D eigenvalue weighted by molar-refractivity contribution is 5.93. The molecule has 1 aromatic rings. The first kappa shape index (κ1) is 24.2. The second-order valence-electron chi connectivity index (χ2n) is 5.00. The standard InChI is InChI=1S/C16H27N3O2.2ClH/c1-4-19(5-2)10-11-21-15-9-7-6-8-14(15)18-16(20)13(3)12-17;;/h6-9,13H,4-5,10-12,17H2,1-3H3,(H,18,20);2*1H. The fourth-order valence-corrected chi connectivity index (χ4v) is 1.88. The lowest BCUT2D eigenvalue weighted by Crippen LogP contribution is -2.28. The molecule has 0 spiro atoms. The number of rotatable bonds is 9. The lowest BCUT2D eigenvalue weighted by Gasteiger charge is -2.19. The van der Waals surface area contributed by atoms with Crippen LogP contribution in [0.1, 0.15) is 20.8 Å². The van der Waals surface area contributed by atoms with Crippen LogP contribution in [0.3, 0.4) is 0 Å². The molecular formula is C16H29Cl2N3O2. The van der Waals surface area contributed by atoms with Crippen LogP contribution in [0.15, 0.2) is 24.3 Å². The van der Waals surface area contributed by atoms with Gasteiger partial charge in [0.1, 0.15) is 12.4 Å². The van der Waals surface area contributed by atoms with E-state index in [0.29, 0.717) is 24.6 Å². The lowest BCUT2D eigenvalue weighted by molar-refractivity contribution is -0.119. The second-order valence-corrected chi connectivity index (χ2v) is 5.00. The maximum Gasteiger partial charge on any atom is 0.228 e. The molecule has 3 N–H and O–H groups in total. The van der Waals surface area contributed by atoms with Gasteiger partial charge in [-0.2, -0.15) is 0 Å². The topological polar surface area (TPSA) is 67.6 Å². The van der Waals surface area contributed by atoms with E-state index in [1.807, 2.05) is 24.3 Å².